The quantitative estimate of drug-likeness (QED) is 0.610. The van der Waals surface area contributed by atoms with Gasteiger partial charge in [0.25, 0.3) is 5.91 Å². The van der Waals surface area contributed by atoms with Crippen LogP contribution in [0.15, 0.2) is 64.6 Å². The SMILES string of the molecule is CC[C@H](C)NC(=O)CSC1=Nc2ccccc2C2=N[C@@H](CC(=O)NCc3ccccc3)C(=O)N12. The second-order valence-corrected chi connectivity index (χ2v) is 9.13. The number of rotatable bonds is 8. The summed E-state index contributed by atoms with van der Waals surface area (Å²) < 4.78 is 0. The first-order chi connectivity index (χ1) is 16.5. The second kappa shape index (κ2) is 10.6. The zero-order valence-corrected chi connectivity index (χ0v) is 20.0. The van der Waals surface area contributed by atoms with Gasteiger partial charge in [0.05, 0.1) is 17.9 Å². The molecule has 0 fully saturated rings. The molecule has 0 bridgehead atoms. The van der Waals surface area contributed by atoms with Crippen LogP contribution in [-0.2, 0) is 20.9 Å². The van der Waals surface area contributed by atoms with E-state index in [1.807, 2.05) is 68.4 Å². The lowest BCUT2D eigenvalue weighted by Crippen LogP contribution is -2.42. The third-order valence-corrected chi connectivity index (χ3v) is 6.55. The van der Waals surface area contributed by atoms with Crippen molar-refractivity contribution in [3.63, 3.8) is 0 Å². The zero-order chi connectivity index (χ0) is 24.1. The Kier molecular flexibility index (Phi) is 7.42. The molecule has 2 aliphatic rings. The fraction of sp³-hybridized carbons (Fsp3) is 0.320. The summed E-state index contributed by atoms with van der Waals surface area (Å²) in [6.45, 7) is 4.33. The van der Waals surface area contributed by atoms with E-state index in [-0.39, 0.29) is 35.9 Å². The molecule has 0 saturated carbocycles. The maximum atomic E-state index is 13.3. The van der Waals surface area contributed by atoms with Crippen LogP contribution in [0.5, 0.6) is 0 Å². The molecule has 0 unspecified atom stereocenters. The van der Waals surface area contributed by atoms with Gasteiger partial charge >= 0.3 is 0 Å². The van der Waals surface area contributed by atoms with Gasteiger partial charge in [0.15, 0.2) is 5.17 Å². The molecule has 2 heterocycles. The highest BCUT2D eigenvalue weighted by atomic mass is 32.2. The number of carbonyl (C=O) groups excluding carboxylic acids is 3. The Labute approximate surface area is 202 Å². The van der Waals surface area contributed by atoms with Gasteiger partial charge in [0.2, 0.25) is 11.8 Å². The average Bonchev–Trinajstić information content (AvgIpc) is 3.18. The highest BCUT2D eigenvalue weighted by molar-refractivity contribution is 8.14. The van der Waals surface area contributed by atoms with E-state index >= 15 is 0 Å². The smallest absolute Gasteiger partial charge is 0.259 e. The van der Waals surface area contributed by atoms with Crippen LogP contribution in [0, 0.1) is 0 Å². The third kappa shape index (κ3) is 5.36. The molecule has 2 aliphatic heterocycles. The van der Waals surface area contributed by atoms with E-state index in [2.05, 4.69) is 20.6 Å². The van der Waals surface area contributed by atoms with Crippen molar-refractivity contribution in [3.05, 3.63) is 65.7 Å². The van der Waals surface area contributed by atoms with E-state index < -0.39 is 6.04 Å². The van der Waals surface area contributed by atoms with E-state index in [1.165, 1.54) is 16.7 Å². The first-order valence-corrected chi connectivity index (χ1v) is 12.3. The Hall–Kier alpha value is -3.46. The van der Waals surface area contributed by atoms with Crippen molar-refractivity contribution in [2.24, 2.45) is 9.98 Å². The number of hydrogen-bond donors (Lipinski definition) is 2. The highest BCUT2D eigenvalue weighted by Gasteiger charge is 2.42. The highest BCUT2D eigenvalue weighted by Crippen LogP contribution is 2.34. The van der Waals surface area contributed by atoms with Crippen molar-refractivity contribution >= 4 is 46.2 Å². The lowest BCUT2D eigenvalue weighted by Gasteiger charge is -2.25. The number of fused-ring (bicyclic) bond motifs is 3. The molecule has 0 spiro atoms. The fourth-order valence-electron chi connectivity index (χ4n) is 3.62. The van der Waals surface area contributed by atoms with E-state index in [0.29, 0.717) is 23.2 Å². The van der Waals surface area contributed by atoms with Gasteiger partial charge in [-0.2, -0.15) is 0 Å². The van der Waals surface area contributed by atoms with Gasteiger partial charge in [-0.05, 0) is 31.0 Å². The third-order valence-electron chi connectivity index (χ3n) is 5.61. The first kappa shape index (κ1) is 23.7. The molecule has 4 rings (SSSR count). The summed E-state index contributed by atoms with van der Waals surface area (Å²) in [4.78, 5) is 48.8. The van der Waals surface area contributed by atoms with Gasteiger partial charge in [-0.1, -0.05) is 61.2 Å². The van der Waals surface area contributed by atoms with Gasteiger partial charge in [-0.3, -0.25) is 19.4 Å². The number of amidine groups is 2. The number of thioether (sulfide) groups is 1. The van der Waals surface area contributed by atoms with Crippen molar-refractivity contribution in [1.29, 1.82) is 0 Å². The number of aliphatic imine (C=N–C) groups is 2. The number of para-hydroxylation sites is 1. The molecule has 2 N–H and O–H groups in total. The monoisotopic (exact) mass is 477 g/mol. The summed E-state index contributed by atoms with van der Waals surface area (Å²) in [5, 5.41) is 6.17. The van der Waals surface area contributed by atoms with E-state index in [4.69, 9.17) is 0 Å². The number of amides is 3. The van der Waals surface area contributed by atoms with Crippen molar-refractivity contribution in [2.45, 2.75) is 45.3 Å². The lowest BCUT2D eigenvalue weighted by atomic mass is 10.1. The number of benzene rings is 2. The van der Waals surface area contributed by atoms with Crippen LogP contribution >= 0.6 is 11.8 Å². The Morgan fingerprint density at radius 2 is 1.82 bits per heavy atom. The molecule has 0 aliphatic carbocycles. The Morgan fingerprint density at radius 3 is 2.59 bits per heavy atom. The van der Waals surface area contributed by atoms with Crippen LogP contribution < -0.4 is 10.6 Å². The molecule has 0 aromatic heterocycles. The summed E-state index contributed by atoms with van der Waals surface area (Å²) in [6, 6.07) is 16.2. The maximum Gasteiger partial charge on any atom is 0.259 e. The summed E-state index contributed by atoms with van der Waals surface area (Å²) in [5.74, 6) is -0.0826. The topological polar surface area (TPSA) is 103 Å². The van der Waals surface area contributed by atoms with E-state index in [9.17, 15) is 14.4 Å². The Balaban J connectivity index is 1.47. The minimum atomic E-state index is -0.836. The standard InChI is InChI=1S/C25H27N5O3S/c1-3-16(2)27-22(32)15-34-25-29-19-12-8-7-11-18(19)23-28-20(24(33)30(23)25)13-21(31)26-14-17-9-5-4-6-10-17/h4-12,16,20H,3,13-15H2,1-2H3,(H,26,31)(H,27,32)/t16-,20-/m0/s1. The van der Waals surface area contributed by atoms with Crippen LogP contribution in [0.1, 0.15) is 37.8 Å². The molecule has 8 nitrogen and oxygen atoms in total. The van der Waals surface area contributed by atoms with Crippen molar-refractivity contribution in [3.8, 4) is 0 Å². The minimum Gasteiger partial charge on any atom is -0.353 e. The molecule has 3 amide bonds. The Bertz CT molecular complexity index is 1150. The normalized spacial score (nSPS) is 17.3. The predicted octanol–water partition coefficient (Wildman–Crippen LogP) is 3.00. The van der Waals surface area contributed by atoms with Crippen LogP contribution in [-0.4, -0.2) is 51.5 Å². The molecule has 0 radical (unpaired) electrons. The molecule has 2 aromatic carbocycles. The molecule has 9 heteroatoms. The molecule has 2 atom stereocenters. The van der Waals surface area contributed by atoms with Crippen molar-refractivity contribution < 1.29 is 14.4 Å². The largest absolute Gasteiger partial charge is 0.353 e. The minimum absolute atomic E-state index is 0.0553. The summed E-state index contributed by atoms with van der Waals surface area (Å²) in [7, 11) is 0. The fourth-order valence-corrected chi connectivity index (χ4v) is 4.44. The van der Waals surface area contributed by atoms with Crippen LogP contribution in [0.4, 0.5) is 5.69 Å². The molecule has 2 aromatic rings. The Morgan fingerprint density at radius 1 is 1.09 bits per heavy atom. The summed E-state index contributed by atoms with van der Waals surface area (Å²) in [6.07, 6.45) is 0.778. The number of nitrogens with one attached hydrogen (secondary N) is 2. The van der Waals surface area contributed by atoms with Gasteiger partial charge < -0.3 is 10.6 Å². The average molecular weight is 478 g/mol. The van der Waals surface area contributed by atoms with Gasteiger partial charge in [0.1, 0.15) is 11.9 Å². The van der Waals surface area contributed by atoms with Crippen LogP contribution in [0.3, 0.4) is 0 Å². The van der Waals surface area contributed by atoms with Crippen LogP contribution in [0.2, 0.25) is 0 Å². The summed E-state index contributed by atoms with van der Waals surface area (Å²) >= 11 is 1.19. The molecular formula is C25H27N5O3S. The van der Waals surface area contributed by atoms with E-state index in [0.717, 1.165) is 17.5 Å². The van der Waals surface area contributed by atoms with Crippen molar-refractivity contribution in [1.82, 2.24) is 15.5 Å². The maximum absolute atomic E-state index is 13.3. The first-order valence-electron chi connectivity index (χ1n) is 11.3. The van der Waals surface area contributed by atoms with E-state index in [1.54, 1.807) is 0 Å². The van der Waals surface area contributed by atoms with Gasteiger partial charge in [0, 0.05) is 18.2 Å². The number of carbonyl (C=O) groups is 3. The molecule has 34 heavy (non-hydrogen) atoms. The predicted molar refractivity (Wildman–Crippen MR) is 134 cm³/mol. The van der Waals surface area contributed by atoms with Gasteiger partial charge in [-0.25, -0.2) is 9.89 Å². The van der Waals surface area contributed by atoms with Crippen LogP contribution in [0.25, 0.3) is 0 Å². The second-order valence-electron chi connectivity index (χ2n) is 8.19. The van der Waals surface area contributed by atoms with Crippen molar-refractivity contribution in [2.75, 3.05) is 5.75 Å². The zero-order valence-electron chi connectivity index (χ0n) is 19.2. The van der Waals surface area contributed by atoms with Gasteiger partial charge in [-0.15, -0.1) is 0 Å². The number of nitrogens with zero attached hydrogens (tertiary/aromatic N) is 3. The lowest BCUT2D eigenvalue weighted by molar-refractivity contribution is -0.128. The molecule has 0 saturated heterocycles. The molecule has 176 valence electrons. The molecular weight excluding hydrogens is 450 g/mol. The number of hydrogen-bond acceptors (Lipinski definition) is 6. The summed E-state index contributed by atoms with van der Waals surface area (Å²) in [5.41, 5.74) is 2.40.